The highest BCUT2D eigenvalue weighted by molar-refractivity contribution is 9.10. The van der Waals surface area contributed by atoms with Crippen LogP contribution < -0.4 is 0 Å². The fraction of sp³-hybridized carbons (Fsp3) is 0.500. The summed E-state index contributed by atoms with van der Waals surface area (Å²) in [7, 11) is 0. The van der Waals surface area contributed by atoms with Crippen LogP contribution in [0.3, 0.4) is 0 Å². The van der Waals surface area contributed by atoms with Gasteiger partial charge in [0.15, 0.2) is 0 Å². The van der Waals surface area contributed by atoms with E-state index in [1.807, 2.05) is 4.90 Å². The van der Waals surface area contributed by atoms with Gasteiger partial charge in [0.25, 0.3) is 5.91 Å². The van der Waals surface area contributed by atoms with Gasteiger partial charge in [0.05, 0.1) is 0 Å². The smallest absolute Gasteiger partial charge is 0.254 e. The quantitative estimate of drug-likeness (QED) is 0.787. The second-order valence-corrected chi connectivity index (χ2v) is 7.18. The van der Waals surface area contributed by atoms with E-state index in [9.17, 15) is 9.59 Å². The number of ketones is 1. The molecule has 3 nitrogen and oxygen atoms in total. The molecule has 2 atom stereocenters. The number of amides is 1. The van der Waals surface area contributed by atoms with Gasteiger partial charge in [0.2, 0.25) is 0 Å². The fourth-order valence-corrected chi connectivity index (χ4v) is 4.42. The first-order valence-corrected chi connectivity index (χ1v) is 8.53. The monoisotopic (exact) mass is 369 g/mol. The first kappa shape index (κ1) is 15.0. The molecule has 1 saturated heterocycles. The largest absolute Gasteiger partial charge is 0.335 e. The SMILES string of the molecule is O=C1CCCC1C1CCCN1C(=O)c1cc(Cl)cc(Br)c1. The Hall–Kier alpha value is -0.870. The molecular formula is C16H17BrClNO2. The van der Waals surface area contributed by atoms with Crippen LogP contribution >= 0.6 is 27.5 Å². The molecule has 1 saturated carbocycles. The lowest BCUT2D eigenvalue weighted by atomic mass is 9.94. The summed E-state index contributed by atoms with van der Waals surface area (Å²) in [6, 6.07) is 5.33. The lowest BCUT2D eigenvalue weighted by molar-refractivity contribution is -0.121. The maximum atomic E-state index is 12.8. The first-order chi connectivity index (χ1) is 10.1. The minimum Gasteiger partial charge on any atom is -0.335 e. The maximum absolute atomic E-state index is 12.8. The predicted molar refractivity (Wildman–Crippen MR) is 85.6 cm³/mol. The van der Waals surface area contributed by atoms with E-state index < -0.39 is 0 Å². The Bertz CT molecular complexity index is 569. The zero-order valence-electron chi connectivity index (χ0n) is 11.6. The van der Waals surface area contributed by atoms with E-state index in [1.54, 1.807) is 18.2 Å². The second-order valence-electron chi connectivity index (χ2n) is 5.83. The van der Waals surface area contributed by atoms with Crippen LogP contribution in [0.15, 0.2) is 22.7 Å². The van der Waals surface area contributed by atoms with Crippen LogP contribution in [0.25, 0.3) is 0 Å². The molecule has 0 bridgehead atoms. The Morgan fingerprint density at radius 3 is 2.71 bits per heavy atom. The summed E-state index contributed by atoms with van der Waals surface area (Å²) in [5.41, 5.74) is 0.590. The molecule has 1 aromatic rings. The van der Waals surface area contributed by atoms with Crippen molar-refractivity contribution in [1.82, 2.24) is 4.90 Å². The standard InChI is InChI=1S/C16H17BrClNO2/c17-11-7-10(8-12(18)9-11)16(21)19-6-2-4-14(19)13-3-1-5-15(13)20/h7-9,13-14H,1-6H2. The van der Waals surface area contributed by atoms with Gasteiger partial charge in [-0.25, -0.2) is 0 Å². The van der Waals surface area contributed by atoms with E-state index in [4.69, 9.17) is 11.6 Å². The van der Waals surface area contributed by atoms with E-state index in [2.05, 4.69) is 15.9 Å². The highest BCUT2D eigenvalue weighted by atomic mass is 79.9. The molecule has 5 heteroatoms. The summed E-state index contributed by atoms with van der Waals surface area (Å²) < 4.78 is 0.797. The summed E-state index contributed by atoms with van der Waals surface area (Å²) in [5, 5.41) is 0.542. The van der Waals surface area contributed by atoms with Crippen molar-refractivity contribution in [1.29, 1.82) is 0 Å². The van der Waals surface area contributed by atoms with E-state index in [0.29, 0.717) is 22.8 Å². The number of Topliss-reactive ketones (excluding diaryl/α,β-unsaturated/α-hetero) is 1. The molecule has 0 N–H and O–H groups in total. The number of carbonyl (C=O) groups is 2. The highest BCUT2D eigenvalue weighted by Crippen LogP contribution is 2.34. The molecule has 2 aliphatic rings. The lowest BCUT2D eigenvalue weighted by Gasteiger charge is -2.28. The molecular weight excluding hydrogens is 354 g/mol. The number of halogens is 2. The lowest BCUT2D eigenvalue weighted by Crippen LogP contribution is -2.41. The number of benzene rings is 1. The molecule has 1 aromatic carbocycles. The van der Waals surface area contributed by atoms with Crippen molar-refractivity contribution in [2.24, 2.45) is 5.92 Å². The third-order valence-electron chi connectivity index (χ3n) is 4.49. The molecule has 0 aromatic heterocycles. The predicted octanol–water partition coefficient (Wildman–Crippen LogP) is 4.08. The summed E-state index contributed by atoms with van der Waals surface area (Å²) in [6.45, 7) is 0.734. The highest BCUT2D eigenvalue weighted by Gasteiger charge is 2.40. The van der Waals surface area contributed by atoms with Gasteiger partial charge in [-0.05, 0) is 43.9 Å². The van der Waals surface area contributed by atoms with Crippen molar-refractivity contribution in [3.05, 3.63) is 33.3 Å². The molecule has 0 radical (unpaired) electrons. The Kier molecular flexibility index (Phi) is 4.36. The second kappa shape index (κ2) is 6.09. The van der Waals surface area contributed by atoms with Gasteiger partial charge in [-0.3, -0.25) is 9.59 Å². The topological polar surface area (TPSA) is 37.4 Å². The van der Waals surface area contributed by atoms with Crippen LogP contribution in [0.1, 0.15) is 42.5 Å². The van der Waals surface area contributed by atoms with Crippen LogP contribution in [0.2, 0.25) is 5.02 Å². The third kappa shape index (κ3) is 3.02. The summed E-state index contributed by atoms with van der Waals surface area (Å²) in [5.74, 6) is 0.353. The van der Waals surface area contributed by atoms with Gasteiger partial charge in [-0.15, -0.1) is 0 Å². The van der Waals surface area contributed by atoms with Crippen LogP contribution in [0.4, 0.5) is 0 Å². The average Bonchev–Trinajstić information content (AvgIpc) is 3.04. The molecule has 1 aliphatic heterocycles. The van der Waals surface area contributed by atoms with Gasteiger partial charge in [-0.2, -0.15) is 0 Å². The van der Waals surface area contributed by atoms with Crippen LogP contribution in [0.5, 0.6) is 0 Å². The molecule has 2 unspecified atom stereocenters. The molecule has 3 rings (SSSR count). The number of nitrogens with zero attached hydrogens (tertiary/aromatic N) is 1. The van der Waals surface area contributed by atoms with Crippen molar-refractivity contribution in [3.8, 4) is 0 Å². The Morgan fingerprint density at radius 1 is 1.24 bits per heavy atom. The van der Waals surface area contributed by atoms with Gasteiger partial charge in [0.1, 0.15) is 5.78 Å². The number of likely N-dealkylation sites (tertiary alicyclic amines) is 1. The zero-order valence-corrected chi connectivity index (χ0v) is 14.0. The summed E-state index contributed by atoms with van der Waals surface area (Å²) in [6.07, 6.45) is 4.47. The van der Waals surface area contributed by atoms with Crippen molar-refractivity contribution in [3.63, 3.8) is 0 Å². The van der Waals surface area contributed by atoms with Crippen molar-refractivity contribution >= 4 is 39.2 Å². The van der Waals surface area contributed by atoms with Crippen molar-refractivity contribution in [2.75, 3.05) is 6.54 Å². The normalized spacial score (nSPS) is 25.6. The minimum atomic E-state index is -0.0135. The maximum Gasteiger partial charge on any atom is 0.254 e. The van der Waals surface area contributed by atoms with E-state index in [-0.39, 0.29) is 17.9 Å². The molecule has 2 fully saturated rings. The fourth-order valence-electron chi connectivity index (χ4n) is 3.56. The van der Waals surface area contributed by atoms with Crippen molar-refractivity contribution in [2.45, 2.75) is 38.1 Å². The van der Waals surface area contributed by atoms with Crippen LogP contribution in [-0.2, 0) is 4.79 Å². The Labute approximate surface area is 137 Å². The molecule has 1 amide bonds. The van der Waals surface area contributed by atoms with Gasteiger partial charge < -0.3 is 4.90 Å². The Morgan fingerprint density at radius 2 is 2.05 bits per heavy atom. The van der Waals surface area contributed by atoms with Crippen LogP contribution in [-0.4, -0.2) is 29.2 Å². The van der Waals surface area contributed by atoms with Crippen LogP contribution in [0, 0.1) is 5.92 Å². The number of hydrogen-bond donors (Lipinski definition) is 0. The van der Waals surface area contributed by atoms with Crippen molar-refractivity contribution < 1.29 is 9.59 Å². The van der Waals surface area contributed by atoms with Gasteiger partial charge in [0, 0.05) is 40.0 Å². The molecule has 1 heterocycles. The molecule has 112 valence electrons. The molecule has 1 aliphatic carbocycles. The summed E-state index contributed by atoms with van der Waals surface area (Å²) >= 11 is 9.40. The molecule has 0 spiro atoms. The Balaban J connectivity index is 1.84. The number of hydrogen-bond acceptors (Lipinski definition) is 2. The average molecular weight is 371 g/mol. The van der Waals surface area contributed by atoms with Gasteiger partial charge in [-0.1, -0.05) is 27.5 Å². The number of rotatable bonds is 2. The minimum absolute atomic E-state index is 0.0135. The van der Waals surface area contributed by atoms with E-state index in [1.165, 1.54) is 0 Å². The van der Waals surface area contributed by atoms with Gasteiger partial charge >= 0.3 is 0 Å². The third-order valence-corrected chi connectivity index (χ3v) is 5.16. The van der Waals surface area contributed by atoms with E-state index >= 15 is 0 Å². The summed E-state index contributed by atoms with van der Waals surface area (Å²) in [4.78, 5) is 26.6. The molecule has 21 heavy (non-hydrogen) atoms. The van der Waals surface area contributed by atoms with E-state index in [0.717, 1.165) is 36.7 Å². The first-order valence-electron chi connectivity index (χ1n) is 7.36. The zero-order chi connectivity index (χ0) is 15.0. The number of carbonyl (C=O) groups excluding carboxylic acids is 2.